The van der Waals surface area contributed by atoms with Crippen LogP contribution in [0.15, 0.2) is 0 Å². The summed E-state index contributed by atoms with van der Waals surface area (Å²) in [5.74, 6) is -0.0593. The van der Waals surface area contributed by atoms with E-state index in [1.165, 1.54) is 0 Å². The van der Waals surface area contributed by atoms with E-state index in [2.05, 4.69) is 5.32 Å². The van der Waals surface area contributed by atoms with Crippen molar-refractivity contribution in [3.8, 4) is 0 Å². The first-order chi connectivity index (χ1) is 8.47. The van der Waals surface area contributed by atoms with Crippen molar-refractivity contribution in [1.29, 1.82) is 0 Å². The van der Waals surface area contributed by atoms with Crippen LogP contribution in [0, 0.1) is 0 Å². The van der Waals surface area contributed by atoms with E-state index in [9.17, 15) is 9.59 Å². The fourth-order valence-electron chi connectivity index (χ4n) is 2.66. The molecule has 104 valence electrons. The maximum Gasteiger partial charge on any atom is 0.236 e. The molecule has 0 heterocycles. The molecule has 0 saturated heterocycles. The number of hydrogen-bond donors (Lipinski definition) is 2. The maximum atomic E-state index is 11.7. The Hall–Kier alpha value is -1.10. The summed E-state index contributed by atoms with van der Waals surface area (Å²) in [4.78, 5) is 25.2. The molecular weight excluding hydrogens is 230 g/mol. The Kier molecular flexibility index (Phi) is 5.59. The van der Waals surface area contributed by atoms with Crippen LogP contribution in [0.3, 0.4) is 0 Å². The van der Waals surface area contributed by atoms with Crippen molar-refractivity contribution < 1.29 is 9.59 Å². The van der Waals surface area contributed by atoms with Gasteiger partial charge in [0.2, 0.25) is 11.8 Å². The van der Waals surface area contributed by atoms with Gasteiger partial charge in [0.1, 0.15) is 0 Å². The van der Waals surface area contributed by atoms with E-state index in [0.29, 0.717) is 6.54 Å². The van der Waals surface area contributed by atoms with E-state index in [1.807, 2.05) is 11.8 Å². The molecule has 0 spiro atoms. The molecule has 1 aliphatic carbocycles. The van der Waals surface area contributed by atoms with Gasteiger partial charge in [0.05, 0.1) is 12.1 Å². The summed E-state index contributed by atoms with van der Waals surface area (Å²) in [6, 6.07) is -0.343. The molecule has 3 atom stereocenters. The summed E-state index contributed by atoms with van der Waals surface area (Å²) in [5.41, 5.74) is 5.57. The Labute approximate surface area is 109 Å². The molecule has 18 heavy (non-hydrogen) atoms. The normalized spacial score (nSPS) is 25.3. The second-order valence-corrected chi connectivity index (χ2v) is 5.06. The van der Waals surface area contributed by atoms with Gasteiger partial charge in [0.25, 0.3) is 0 Å². The van der Waals surface area contributed by atoms with Crippen LogP contribution in [-0.2, 0) is 9.59 Å². The quantitative estimate of drug-likeness (QED) is 0.773. The zero-order valence-corrected chi connectivity index (χ0v) is 11.6. The Bertz CT molecular complexity index is 305. The van der Waals surface area contributed by atoms with Crippen LogP contribution in [0.1, 0.15) is 46.5 Å². The second-order valence-electron chi connectivity index (χ2n) is 5.06. The van der Waals surface area contributed by atoms with E-state index < -0.39 is 6.04 Å². The Morgan fingerprint density at radius 2 is 2.00 bits per heavy atom. The van der Waals surface area contributed by atoms with E-state index in [-0.39, 0.29) is 23.9 Å². The Morgan fingerprint density at radius 3 is 2.50 bits per heavy atom. The van der Waals surface area contributed by atoms with Crippen LogP contribution in [-0.4, -0.2) is 41.4 Å². The molecule has 0 aliphatic heterocycles. The van der Waals surface area contributed by atoms with E-state index >= 15 is 0 Å². The van der Waals surface area contributed by atoms with Gasteiger partial charge in [-0.05, 0) is 26.7 Å². The van der Waals surface area contributed by atoms with Gasteiger partial charge < -0.3 is 16.0 Å². The molecule has 1 aliphatic rings. The zero-order chi connectivity index (χ0) is 13.7. The summed E-state index contributed by atoms with van der Waals surface area (Å²) in [6.07, 6.45) is 4.08. The standard InChI is InChI=1S/C13H25N3O2/c1-4-16(10(3)17)12-8-6-5-7-11(12)15-13(18)9(2)14/h9,11-12H,4-8,14H2,1-3H3,(H,15,18)/t9?,11?,12-/m0/s1. The largest absolute Gasteiger partial charge is 0.350 e. The average Bonchev–Trinajstić information content (AvgIpc) is 2.31. The lowest BCUT2D eigenvalue weighted by molar-refractivity contribution is -0.133. The van der Waals surface area contributed by atoms with Crippen LogP contribution in [0.25, 0.3) is 0 Å². The maximum absolute atomic E-state index is 11.7. The SMILES string of the molecule is CCN(C(C)=O)[C@H]1CCCCC1NC(=O)C(C)N. The molecule has 1 saturated carbocycles. The molecule has 2 amide bonds. The lowest BCUT2D eigenvalue weighted by Gasteiger charge is -2.39. The number of amides is 2. The van der Waals surface area contributed by atoms with Gasteiger partial charge in [-0.25, -0.2) is 0 Å². The van der Waals surface area contributed by atoms with Gasteiger partial charge in [0.15, 0.2) is 0 Å². The van der Waals surface area contributed by atoms with Gasteiger partial charge >= 0.3 is 0 Å². The highest BCUT2D eigenvalue weighted by molar-refractivity contribution is 5.81. The second kappa shape index (κ2) is 6.73. The van der Waals surface area contributed by atoms with Crippen molar-refractivity contribution in [2.45, 2.75) is 64.6 Å². The number of carbonyl (C=O) groups is 2. The van der Waals surface area contributed by atoms with Crippen LogP contribution in [0.2, 0.25) is 0 Å². The average molecular weight is 255 g/mol. The summed E-state index contributed by atoms with van der Waals surface area (Å²) in [7, 11) is 0. The number of likely N-dealkylation sites (N-methyl/N-ethyl adjacent to an activating group) is 1. The topological polar surface area (TPSA) is 75.4 Å². The number of rotatable bonds is 4. The third kappa shape index (κ3) is 3.70. The predicted molar refractivity (Wildman–Crippen MR) is 70.9 cm³/mol. The van der Waals surface area contributed by atoms with Gasteiger partial charge in [0, 0.05) is 19.5 Å². The summed E-state index contributed by atoms with van der Waals surface area (Å²) in [6.45, 7) is 5.92. The number of hydrogen-bond acceptors (Lipinski definition) is 3. The third-order valence-electron chi connectivity index (χ3n) is 3.62. The first kappa shape index (κ1) is 15.0. The van der Waals surface area contributed by atoms with Crippen LogP contribution in [0.4, 0.5) is 0 Å². The molecule has 0 radical (unpaired) electrons. The van der Waals surface area contributed by atoms with Crippen molar-refractivity contribution in [3.63, 3.8) is 0 Å². The summed E-state index contributed by atoms with van der Waals surface area (Å²) < 4.78 is 0. The number of nitrogens with two attached hydrogens (primary N) is 1. The van der Waals surface area contributed by atoms with Crippen molar-refractivity contribution in [2.24, 2.45) is 5.73 Å². The lowest BCUT2D eigenvalue weighted by atomic mass is 9.88. The fraction of sp³-hybridized carbons (Fsp3) is 0.846. The fourth-order valence-corrected chi connectivity index (χ4v) is 2.66. The lowest BCUT2D eigenvalue weighted by Crippen LogP contribution is -2.56. The molecule has 1 rings (SSSR count). The van der Waals surface area contributed by atoms with E-state index in [4.69, 9.17) is 5.73 Å². The van der Waals surface area contributed by atoms with Crippen molar-refractivity contribution in [1.82, 2.24) is 10.2 Å². The van der Waals surface area contributed by atoms with Crippen LogP contribution in [0.5, 0.6) is 0 Å². The summed E-state index contributed by atoms with van der Waals surface area (Å²) >= 11 is 0. The summed E-state index contributed by atoms with van der Waals surface area (Å²) in [5, 5.41) is 2.98. The highest BCUT2D eigenvalue weighted by atomic mass is 16.2. The number of nitrogens with one attached hydrogen (secondary N) is 1. The minimum Gasteiger partial charge on any atom is -0.350 e. The Morgan fingerprint density at radius 1 is 1.39 bits per heavy atom. The Balaban J connectivity index is 2.73. The molecule has 3 N–H and O–H groups in total. The molecular formula is C13H25N3O2. The van der Waals surface area contributed by atoms with Crippen LogP contribution >= 0.6 is 0 Å². The van der Waals surface area contributed by atoms with Crippen molar-refractivity contribution >= 4 is 11.8 Å². The molecule has 1 fully saturated rings. The predicted octanol–water partition coefficient (Wildman–Crippen LogP) is 0.629. The molecule has 0 aromatic heterocycles. The van der Waals surface area contributed by atoms with Gasteiger partial charge in [-0.2, -0.15) is 0 Å². The van der Waals surface area contributed by atoms with Gasteiger partial charge in [-0.1, -0.05) is 12.8 Å². The molecule has 0 bridgehead atoms. The number of carbonyl (C=O) groups excluding carboxylic acids is 2. The minimum absolute atomic E-state index is 0.0427. The van der Waals surface area contributed by atoms with Gasteiger partial charge in [-0.3, -0.25) is 9.59 Å². The highest BCUT2D eigenvalue weighted by Gasteiger charge is 2.32. The van der Waals surface area contributed by atoms with Crippen LogP contribution < -0.4 is 11.1 Å². The van der Waals surface area contributed by atoms with E-state index in [0.717, 1.165) is 25.7 Å². The molecule has 5 heteroatoms. The van der Waals surface area contributed by atoms with Crippen molar-refractivity contribution in [3.05, 3.63) is 0 Å². The third-order valence-corrected chi connectivity index (χ3v) is 3.62. The number of nitrogens with zero attached hydrogens (tertiary/aromatic N) is 1. The first-order valence-electron chi connectivity index (χ1n) is 6.80. The molecule has 2 unspecified atom stereocenters. The molecule has 0 aromatic carbocycles. The molecule has 0 aromatic rings. The zero-order valence-electron chi connectivity index (χ0n) is 11.6. The van der Waals surface area contributed by atoms with E-state index in [1.54, 1.807) is 13.8 Å². The monoisotopic (exact) mass is 255 g/mol. The van der Waals surface area contributed by atoms with Crippen molar-refractivity contribution in [2.75, 3.05) is 6.54 Å². The smallest absolute Gasteiger partial charge is 0.236 e. The first-order valence-corrected chi connectivity index (χ1v) is 6.80. The van der Waals surface area contributed by atoms with Gasteiger partial charge in [-0.15, -0.1) is 0 Å². The highest BCUT2D eigenvalue weighted by Crippen LogP contribution is 2.23. The molecule has 5 nitrogen and oxygen atoms in total. The minimum atomic E-state index is -0.500.